The molecule has 0 saturated carbocycles. The summed E-state index contributed by atoms with van der Waals surface area (Å²) in [4.78, 5) is 9.47. The molecule has 1 atom stereocenters. The third-order valence-corrected chi connectivity index (χ3v) is 6.47. The van der Waals surface area contributed by atoms with Crippen molar-refractivity contribution in [3.8, 4) is 5.75 Å². The summed E-state index contributed by atoms with van der Waals surface area (Å²) in [6.45, 7) is 8.96. The largest absolute Gasteiger partial charge is 0.492 e. The highest BCUT2D eigenvalue weighted by atomic mass is 32.2. The highest BCUT2D eigenvalue weighted by Crippen LogP contribution is 2.09. The van der Waals surface area contributed by atoms with E-state index in [-0.39, 0.29) is 0 Å². The average molecular weight is 443 g/mol. The van der Waals surface area contributed by atoms with E-state index in [0.717, 1.165) is 56.5 Å². The van der Waals surface area contributed by atoms with Crippen molar-refractivity contribution in [3.63, 3.8) is 0 Å². The highest BCUT2D eigenvalue weighted by molar-refractivity contribution is 7.84. The quantitative estimate of drug-likeness (QED) is 0.453. The molecule has 0 amide bonds. The summed E-state index contributed by atoms with van der Waals surface area (Å²) in [5, 5.41) is 3.39. The molecular weight excluding hydrogens is 408 g/mol. The lowest BCUT2D eigenvalue weighted by molar-refractivity contribution is 0.152. The van der Waals surface area contributed by atoms with Crippen molar-refractivity contribution in [2.45, 2.75) is 12.7 Å². The number of hydrogen-bond acceptors (Lipinski definition) is 4. The van der Waals surface area contributed by atoms with Gasteiger partial charge in [-0.05, 0) is 24.6 Å². The SMILES string of the molecule is CCNC(=NCCS(=O)Cc1ccccc1)N1CCN(CCOc2ccccc2)CC1. The molecule has 1 aliphatic heterocycles. The zero-order valence-electron chi connectivity index (χ0n) is 18.4. The van der Waals surface area contributed by atoms with Crippen LogP contribution in [0.1, 0.15) is 12.5 Å². The van der Waals surface area contributed by atoms with Gasteiger partial charge in [0.2, 0.25) is 0 Å². The fraction of sp³-hybridized carbons (Fsp3) is 0.458. The Morgan fingerprint density at radius 1 is 1.03 bits per heavy atom. The van der Waals surface area contributed by atoms with Gasteiger partial charge in [0, 0.05) is 61.6 Å². The highest BCUT2D eigenvalue weighted by Gasteiger charge is 2.19. The molecule has 2 aromatic rings. The zero-order chi connectivity index (χ0) is 21.7. The van der Waals surface area contributed by atoms with Crippen LogP contribution in [-0.4, -0.2) is 78.1 Å². The standard InChI is InChI=1S/C24H34N4O2S/c1-2-25-24(26-13-20-31(29)21-22-9-5-3-6-10-22)28-16-14-27(15-17-28)18-19-30-23-11-7-4-8-12-23/h3-12H,2,13-21H2,1H3,(H,25,26). The molecule has 1 heterocycles. The van der Waals surface area contributed by atoms with Gasteiger partial charge in [-0.1, -0.05) is 48.5 Å². The molecule has 7 heteroatoms. The van der Waals surface area contributed by atoms with Crippen LogP contribution in [-0.2, 0) is 16.6 Å². The Morgan fingerprint density at radius 3 is 2.39 bits per heavy atom. The van der Waals surface area contributed by atoms with Gasteiger partial charge in [-0.15, -0.1) is 0 Å². The van der Waals surface area contributed by atoms with E-state index in [1.54, 1.807) is 0 Å². The number of guanidine groups is 1. The van der Waals surface area contributed by atoms with Crippen LogP contribution in [0.2, 0.25) is 0 Å². The first kappa shape index (κ1) is 23.3. The summed E-state index contributed by atoms with van der Waals surface area (Å²) < 4.78 is 18.2. The third-order valence-electron chi connectivity index (χ3n) is 5.18. The maximum absolute atomic E-state index is 12.4. The molecule has 0 spiro atoms. The van der Waals surface area contributed by atoms with Crippen molar-refractivity contribution < 1.29 is 8.95 Å². The van der Waals surface area contributed by atoms with Gasteiger partial charge in [0.05, 0.1) is 6.54 Å². The summed E-state index contributed by atoms with van der Waals surface area (Å²) in [7, 11) is -0.897. The number of para-hydroxylation sites is 1. The van der Waals surface area contributed by atoms with E-state index in [2.05, 4.69) is 22.0 Å². The Morgan fingerprint density at radius 2 is 1.71 bits per heavy atom. The van der Waals surface area contributed by atoms with E-state index in [0.29, 0.717) is 24.7 Å². The molecule has 3 rings (SSSR count). The van der Waals surface area contributed by atoms with Crippen molar-refractivity contribution in [2.24, 2.45) is 4.99 Å². The number of nitrogens with zero attached hydrogens (tertiary/aromatic N) is 3. The number of rotatable bonds is 10. The lowest BCUT2D eigenvalue weighted by atomic mass is 10.2. The lowest BCUT2D eigenvalue weighted by Crippen LogP contribution is -2.53. The summed E-state index contributed by atoms with van der Waals surface area (Å²) in [5.41, 5.74) is 1.11. The molecule has 1 fully saturated rings. The first-order valence-corrected chi connectivity index (χ1v) is 12.6. The average Bonchev–Trinajstić information content (AvgIpc) is 2.80. The van der Waals surface area contributed by atoms with Gasteiger partial charge >= 0.3 is 0 Å². The fourth-order valence-electron chi connectivity index (χ4n) is 3.50. The Balaban J connectivity index is 1.39. The Labute approximate surface area is 188 Å². The van der Waals surface area contributed by atoms with Gasteiger partial charge < -0.3 is 15.0 Å². The van der Waals surface area contributed by atoms with Gasteiger partial charge in [0.15, 0.2) is 5.96 Å². The van der Waals surface area contributed by atoms with Crippen molar-refractivity contribution in [1.82, 2.24) is 15.1 Å². The Hall–Kier alpha value is -2.38. The van der Waals surface area contributed by atoms with Gasteiger partial charge in [0.1, 0.15) is 12.4 Å². The molecule has 0 aromatic heterocycles. The summed E-state index contributed by atoms with van der Waals surface area (Å²) in [6, 6.07) is 20.0. The predicted molar refractivity (Wildman–Crippen MR) is 129 cm³/mol. The number of hydrogen-bond donors (Lipinski definition) is 1. The molecule has 0 radical (unpaired) electrons. The normalized spacial score (nSPS) is 16.2. The molecule has 1 saturated heterocycles. The first-order valence-electron chi connectivity index (χ1n) is 11.1. The van der Waals surface area contributed by atoms with Crippen LogP contribution in [0.15, 0.2) is 65.7 Å². The molecule has 0 aliphatic carbocycles. The third kappa shape index (κ3) is 8.34. The van der Waals surface area contributed by atoms with Crippen LogP contribution in [0.25, 0.3) is 0 Å². The van der Waals surface area contributed by atoms with Gasteiger partial charge in [-0.3, -0.25) is 14.1 Å². The van der Waals surface area contributed by atoms with Crippen molar-refractivity contribution in [3.05, 3.63) is 66.2 Å². The van der Waals surface area contributed by atoms with Gasteiger partial charge in [0.25, 0.3) is 0 Å². The van der Waals surface area contributed by atoms with E-state index in [9.17, 15) is 4.21 Å². The van der Waals surface area contributed by atoms with Crippen molar-refractivity contribution in [1.29, 1.82) is 0 Å². The lowest BCUT2D eigenvalue weighted by Gasteiger charge is -2.36. The van der Waals surface area contributed by atoms with E-state index in [1.165, 1.54) is 0 Å². The van der Waals surface area contributed by atoms with Crippen LogP contribution in [0.4, 0.5) is 0 Å². The molecule has 1 N–H and O–H groups in total. The van der Waals surface area contributed by atoms with Crippen LogP contribution < -0.4 is 10.1 Å². The number of benzene rings is 2. The van der Waals surface area contributed by atoms with E-state index < -0.39 is 10.8 Å². The molecule has 0 bridgehead atoms. The van der Waals surface area contributed by atoms with Gasteiger partial charge in [-0.25, -0.2) is 0 Å². The molecular formula is C24H34N4O2S. The maximum Gasteiger partial charge on any atom is 0.194 e. The second-order valence-electron chi connectivity index (χ2n) is 7.50. The molecule has 31 heavy (non-hydrogen) atoms. The predicted octanol–water partition coefficient (Wildman–Crippen LogP) is 2.60. The minimum atomic E-state index is -0.897. The Bertz CT molecular complexity index is 809. The minimum Gasteiger partial charge on any atom is -0.492 e. The number of nitrogens with one attached hydrogen (secondary N) is 1. The number of ether oxygens (including phenoxy) is 1. The van der Waals surface area contributed by atoms with E-state index in [4.69, 9.17) is 9.73 Å². The fourth-order valence-corrected chi connectivity index (χ4v) is 4.51. The van der Waals surface area contributed by atoms with Crippen LogP contribution in [0.5, 0.6) is 5.75 Å². The molecule has 2 aromatic carbocycles. The molecule has 6 nitrogen and oxygen atoms in total. The second kappa shape index (κ2) is 13.1. The van der Waals surface area contributed by atoms with Gasteiger partial charge in [-0.2, -0.15) is 0 Å². The summed E-state index contributed by atoms with van der Waals surface area (Å²) >= 11 is 0. The number of piperazine rings is 1. The molecule has 1 unspecified atom stereocenters. The van der Waals surface area contributed by atoms with Crippen LogP contribution in [0.3, 0.4) is 0 Å². The van der Waals surface area contributed by atoms with Crippen LogP contribution in [0, 0.1) is 0 Å². The monoisotopic (exact) mass is 442 g/mol. The van der Waals surface area contributed by atoms with Crippen LogP contribution >= 0.6 is 0 Å². The smallest absolute Gasteiger partial charge is 0.194 e. The minimum absolute atomic E-state index is 0.576. The van der Waals surface area contributed by atoms with E-state index >= 15 is 0 Å². The van der Waals surface area contributed by atoms with E-state index in [1.807, 2.05) is 60.7 Å². The van der Waals surface area contributed by atoms with Crippen molar-refractivity contribution >= 4 is 16.8 Å². The summed E-state index contributed by atoms with van der Waals surface area (Å²) in [6.07, 6.45) is 0. The topological polar surface area (TPSA) is 57.2 Å². The second-order valence-corrected chi connectivity index (χ2v) is 9.08. The first-order chi connectivity index (χ1) is 15.2. The summed E-state index contributed by atoms with van der Waals surface area (Å²) in [5.74, 6) is 3.03. The maximum atomic E-state index is 12.4. The molecule has 168 valence electrons. The Kier molecular flexibility index (Phi) is 9.86. The molecule has 1 aliphatic rings. The zero-order valence-corrected chi connectivity index (χ0v) is 19.2. The number of aliphatic imine (C=N–C) groups is 1. The van der Waals surface area contributed by atoms with Crippen molar-refractivity contribution in [2.75, 3.05) is 58.2 Å².